The molecule has 0 bridgehead atoms. The van der Waals surface area contributed by atoms with Gasteiger partial charge in [0.05, 0.1) is 14.4 Å². The number of ether oxygens (including phenoxy) is 1. The SMILES string of the molecule is O=C1C[C@@H]2Oc3c(Br)cc(CCCO)cc3[C@]2(CCCO)C=C1Br. The van der Waals surface area contributed by atoms with Crippen molar-refractivity contribution < 1.29 is 19.7 Å². The van der Waals surface area contributed by atoms with Crippen molar-refractivity contribution in [2.45, 2.75) is 43.6 Å². The van der Waals surface area contributed by atoms with E-state index in [0.29, 0.717) is 23.7 Å². The van der Waals surface area contributed by atoms with E-state index in [9.17, 15) is 9.90 Å². The summed E-state index contributed by atoms with van der Waals surface area (Å²) < 4.78 is 7.62. The topological polar surface area (TPSA) is 66.8 Å². The molecule has 1 aromatic rings. The molecule has 3 rings (SSSR count). The van der Waals surface area contributed by atoms with Crippen LogP contribution in [0.25, 0.3) is 0 Å². The number of Topliss-reactive ketones (excluding diaryl/α,β-unsaturated/α-hetero) is 1. The second-order valence-electron chi connectivity index (χ2n) is 6.38. The van der Waals surface area contributed by atoms with Gasteiger partial charge in [0.15, 0.2) is 5.78 Å². The first kappa shape index (κ1) is 18.1. The van der Waals surface area contributed by atoms with Gasteiger partial charge in [0.1, 0.15) is 11.9 Å². The fourth-order valence-electron chi connectivity index (χ4n) is 3.67. The minimum Gasteiger partial charge on any atom is -0.487 e. The van der Waals surface area contributed by atoms with Gasteiger partial charge < -0.3 is 14.9 Å². The molecule has 0 amide bonds. The Hall–Kier alpha value is -0.690. The van der Waals surface area contributed by atoms with Crippen LogP contribution in [-0.4, -0.2) is 35.3 Å². The molecular formula is C18H20Br2O4. The maximum Gasteiger partial charge on any atom is 0.173 e. The fourth-order valence-corrected chi connectivity index (χ4v) is 4.84. The van der Waals surface area contributed by atoms with Crippen LogP contribution >= 0.6 is 31.9 Å². The van der Waals surface area contributed by atoms with Gasteiger partial charge in [-0.25, -0.2) is 0 Å². The number of fused-ring (bicyclic) bond motifs is 3. The zero-order chi connectivity index (χ0) is 17.3. The first-order chi connectivity index (χ1) is 11.5. The summed E-state index contributed by atoms with van der Waals surface area (Å²) in [4.78, 5) is 12.1. The smallest absolute Gasteiger partial charge is 0.173 e. The highest BCUT2D eigenvalue weighted by Gasteiger charge is 2.51. The highest BCUT2D eigenvalue weighted by molar-refractivity contribution is 9.12. The number of carbonyl (C=O) groups excluding carboxylic acids is 1. The molecule has 1 aromatic carbocycles. The number of hydrogen-bond acceptors (Lipinski definition) is 4. The molecule has 6 heteroatoms. The molecule has 2 N–H and O–H groups in total. The molecular weight excluding hydrogens is 440 g/mol. The summed E-state index contributed by atoms with van der Waals surface area (Å²) in [6.45, 7) is 0.262. The van der Waals surface area contributed by atoms with Crippen molar-refractivity contribution >= 4 is 37.6 Å². The molecule has 4 nitrogen and oxygen atoms in total. The number of aryl methyl sites for hydroxylation is 1. The molecule has 1 aliphatic carbocycles. The van der Waals surface area contributed by atoms with Crippen molar-refractivity contribution in [3.63, 3.8) is 0 Å². The monoisotopic (exact) mass is 458 g/mol. The van der Waals surface area contributed by atoms with Crippen molar-refractivity contribution in [2.24, 2.45) is 0 Å². The Morgan fingerprint density at radius 1 is 1.21 bits per heavy atom. The van der Waals surface area contributed by atoms with Gasteiger partial charge in [0.2, 0.25) is 0 Å². The molecule has 2 atom stereocenters. The van der Waals surface area contributed by atoms with Gasteiger partial charge in [-0.15, -0.1) is 0 Å². The van der Waals surface area contributed by atoms with E-state index in [-0.39, 0.29) is 25.1 Å². The number of hydrogen-bond donors (Lipinski definition) is 2. The quantitative estimate of drug-likeness (QED) is 0.684. The van der Waals surface area contributed by atoms with E-state index in [2.05, 4.69) is 37.9 Å². The number of ketones is 1. The number of carbonyl (C=O) groups is 1. The van der Waals surface area contributed by atoms with E-state index in [0.717, 1.165) is 34.2 Å². The number of aliphatic hydroxyl groups excluding tert-OH is 2. The van der Waals surface area contributed by atoms with Crippen molar-refractivity contribution in [1.82, 2.24) is 0 Å². The molecule has 0 radical (unpaired) electrons. The van der Waals surface area contributed by atoms with Crippen LogP contribution in [0, 0.1) is 0 Å². The van der Waals surface area contributed by atoms with Crippen LogP contribution in [-0.2, 0) is 16.6 Å². The van der Waals surface area contributed by atoms with Crippen molar-refractivity contribution in [2.75, 3.05) is 13.2 Å². The number of benzene rings is 1. The van der Waals surface area contributed by atoms with Gasteiger partial charge in [-0.2, -0.15) is 0 Å². The first-order valence-corrected chi connectivity index (χ1v) is 9.73. The van der Waals surface area contributed by atoms with E-state index in [1.54, 1.807) is 0 Å². The standard InChI is InChI=1S/C18H20Br2O4/c19-13-8-11(3-1-5-21)7-12-17(13)24-16-9-15(23)14(20)10-18(12,16)4-2-6-22/h7-8,10,16,21-22H,1-6,9H2/t16-,18-/m0/s1. The summed E-state index contributed by atoms with van der Waals surface area (Å²) in [6.07, 6.45) is 4.91. The van der Waals surface area contributed by atoms with E-state index in [4.69, 9.17) is 9.84 Å². The van der Waals surface area contributed by atoms with Crippen LogP contribution in [0.5, 0.6) is 5.75 Å². The Bertz CT molecular complexity index is 686. The minimum absolute atomic E-state index is 0.0454. The van der Waals surface area contributed by atoms with Gasteiger partial charge in [-0.3, -0.25) is 4.79 Å². The molecule has 2 aliphatic rings. The summed E-state index contributed by atoms with van der Waals surface area (Å²) in [7, 11) is 0. The predicted octanol–water partition coefficient (Wildman–Crippen LogP) is 3.40. The molecule has 0 fully saturated rings. The zero-order valence-corrected chi connectivity index (χ0v) is 16.4. The average Bonchev–Trinajstić information content (AvgIpc) is 2.86. The fraction of sp³-hybridized carbons (Fsp3) is 0.500. The average molecular weight is 460 g/mol. The van der Waals surface area contributed by atoms with Gasteiger partial charge in [-0.05, 0) is 69.2 Å². The van der Waals surface area contributed by atoms with Crippen LogP contribution in [0.2, 0.25) is 0 Å². The Balaban J connectivity index is 2.10. The lowest BCUT2D eigenvalue weighted by molar-refractivity contribution is -0.117. The number of halogens is 2. The third kappa shape index (κ3) is 3.09. The molecule has 0 saturated carbocycles. The minimum atomic E-state index is -0.400. The predicted molar refractivity (Wildman–Crippen MR) is 98.6 cm³/mol. The van der Waals surface area contributed by atoms with Crippen LogP contribution in [0.1, 0.15) is 36.8 Å². The molecule has 130 valence electrons. The summed E-state index contributed by atoms with van der Waals surface area (Å²) in [5.41, 5.74) is 1.79. The largest absolute Gasteiger partial charge is 0.487 e. The van der Waals surface area contributed by atoms with Crippen LogP contribution < -0.4 is 4.74 Å². The van der Waals surface area contributed by atoms with Crippen LogP contribution in [0.15, 0.2) is 27.2 Å². The Labute approximate surface area is 158 Å². The van der Waals surface area contributed by atoms with E-state index < -0.39 is 5.41 Å². The van der Waals surface area contributed by atoms with Crippen molar-refractivity contribution in [3.8, 4) is 5.75 Å². The lowest BCUT2D eigenvalue weighted by Crippen LogP contribution is -2.41. The summed E-state index contributed by atoms with van der Waals surface area (Å²) in [6, 6.07) is 4.14. The van der Waals surface area contributed by atoms with Gasteiger partial charge in [0, 0.05) is 25.2 Å². The highest BCUT2D eigenvalue weighted by Crippen LogP contribution is 2.54. The summed E-state index contributed by atoms with van der Waals surface area (Å²) >= 11 is 6.99. The normalized spacial score (nSPS) is 25.1. The second-order valence-corrected chi connectivity index (χ2v) is 8.08. The molecule has 0 unspecified atom stereocenters. The van der Waals surface area contributed by atoms with Gasteiger partial charge in [0.25, 0.3) is 0 Å². The maximum absolute atomic E-state index is 12.1. The Morgan fingerprint density at radius 2 is 1.96 bits per heavy atom. The number of aliphatic hydroxyl groups is 2. The van der Waals surface area contributed by atoms with Crippen LogP contribution in [0.4, 0.5) is 0 Å². The third-order valence-electron chi connectivity index (χ3n) is 4.83. The zero-order valence-electron chi connectivity index (χ0n) is 13.2. The third-order valence-corrected chi connectivity index (χ3v) is 6.09. The van der Waals surface area contributed by atoms with E-state index >= 15 is 0 Å². The van der Waals surface area contributed by atoms with E-state index in [1.165, 1.54) is 0 Å². The first-order valence-electron chi connectivity index (χ1n) is 8.14. The van der Waals surface area contributed by atoms with Crippen molar-refractivity contribution in [3.05, 3.63) is 38.3 Å². The van der Waals surface area contributed by atoms with Crippen LogP contribution in [0.3, 0.4) is 0 Å². The second kappa shape index (κ2) is 7.28. The molecule has 0 saturated heterocycles. The lowest BCUT2D eigenvalue weighted by atomic mass is 9.69. The molecule has 0 spiro atoms. The molecule has 0 aromatic heterocycles. The van der Waals surface area contributed by atoms with Crippen molar-refractivity contribution in [1.29, 1.82) is 0 Å². The molecule has 1 aliphatic heterocycles. The number of rotatable bonds is 6. The van der Waals surface area contributed by atoms with Gasteiger partial charge in [-0.1, -0.05) is 12.1 Å². The van der Waals surface area contributed by atoms with E-state index in [1.807, 2.05) is 12.1 Å². The number of allylic oxidation sites excluding steroid dienone is 1. The lowest BCUT2D eigenvalue weighted by Gasteiger charge is -2.34. The Kier molecular flexibility index (Phi) is 5.49. The Morgan fingerprint density at radius 3 is 2.67 bits per heavy atom. The molecule has 24 heavy (non-hydrogen) atoms. The maximum atomic E-state index is 12.1. The van der Waals surface area contributed by atoms with Gasteiger partial charge >= 0.3 is 0 Å². The highest BCUT2D eigenvalue weighted by atomic mass is 79.9. The summed E-state index contributed by atoms with van der Waals surface area (Å²) in [5.74, 6) is 0.834. The summed E-state index contributed by atoms with van der Waals surface area (Å²) in [5, 5.41) is 18.4. The molecule has 1 heterocycles.